The van der Waals surface area contributed by atoms with Gasteiger partial charge in [0.2, 0.25) is 5.82 Å². The number of nitrogen functional groups attached to an aromatic ring is 1. The molecule has 0 spiro atoms. The Bertz CT molecular complexity index is 633. The van der Waals surface area contributed by atoms with E-state index in [9.17, 15) is 0 Å². The van der Waals surface area contributed by atoms with Gasteiger partial charge in [0, 0.05) is 18.9 Å². The van der Waals surface area contributed by atoms with Crippen LogP contribution < -0.4 is 10.5 Å². The van der Waals surface area contributed by atoms with Crippen molar-refractivity contribution in [1.29, 1.82) is 0 Å². The van der Waals surface area contributed by atoms with Gasteiger partial charge in [-0.1, -0.05) is 5.16 Å². The quantitative estimate of drug-likeness (QED) is 0.871. The molecule has 3 rings (SSSR count). The molecule has 0 bridgehead atoms. The van der Waals surface area contributed by atoms with Crippen LogP contribution in [0.25, 0.3) is 11.5 Å². The summed E-state index contributed by atoms with van der Waals surface area (Å²) in [6, 6.07) is 5.37. The molecule has 1 fully saturated rings. The zero-order valence-corrected chi connectivity index (χ0v) is 12.3. The topological polar surface area (TPSA) is 83.4 Å². The van der Waals surface area contributed by atoms with E-state index in [1.165, 1.54) is 0 Å². The van der Waals surface area contributed by atoms with Crippen molar-refractivity contribution in [3.63, 3.8) is 0 Å². The molecule has 1 aliphatic rings. The first kappa shape index (κ1) is 13.9. The number of ether oxygens (including phenoxy) is 2. The molecule has 6 nitrogen and oxygen atoms in total. The van der Waals surface area contributed by atoms with Crippen LogP contribution in [0.4, 0.5) is 5.69 Å². The van der Waals surface area contributed by atoms with Crippen molar-refractivity contribution in [3.05, 3.63) is 24.0 Å². The second-order valence-corrected chi connectivity index (χ2v) is 5.28. The van der Waals surface area contributed by atoms with E-state index >= 15 is 0 Å². The smallest absolute Gasteiger partial charge is 0.260 e. The molecule has 2 N–H and O–H groups in total. The Hall–Kier alpha value is -2.08. The predicted molar refractivity (Wildman–Crippen MR) is 77.9 cm³/mol. The van der Waals surface area contributed by atoms with E-state index in [1.807, 2.05) is 12.1 Å². The Morgan fingerprint density at radius 3 is 2.62 bits per heavy atom. The Kier molecular flexibility index (Phi) is 3.55. The lowest BCUT2D eigenvalue weighted by molar-refractivity contribution is -0.0178. The Morgan fingerprint density at radius 2 is 2.00 bits per heavy atom. The fraction of sp³-hybridized carbons (Fsp3) is 0.467. The number of nitrogens with two attached hydrogens (primary N) is 1. The summed E-state index contributed by atoms with van der Waals surface area (Å²) in [6.07, 6.45) is 4.06. The summed E-state index contributed by atoms with van der Waals surface area (Å²) in [6.45, 7) is 0. The SMILES string of the molecule is COc1ccc(-c2nc(C3(OC)CCCC3)no2)c(N)c1. The first-order valence-corrected chi connectivity index (χ1v) is 7.02. The van der Waals surface area contributed by atoms with Crippen LogP contribution in [0.1, 0.15) is 31.5 Å². The third-order valence-electron chi connectivity index (χ3n) is 4.12. The van der Waals surface area contributed by atoms with Gasteiger partial charge in [-0.3, -0.25) is 0 Å². The van der Waals surface area contributed by atoms with Gasteiger partial charge in [-0.25, -0.2) is 0 Å². The number of benzene rings is 1. The minimum Gasteiger partial charge on any atom is -0.497 e. The maximum atomic E-state index is 6.02. The van der Waals surface area contributed by atoms with Gasteiger partial charge in [0.15, 0.2) is 0 Å². The van der Waals surface area contributed by atoms with Gasteiger partial charge in [0.25, 0.3) is 5.89 Å². The number of rotatable bonds is 4. The zero-order valence-electron chi connectivity index (χ0n) is 12.3. The van der Waals surface area contributed by atoms with Gasteiger partial charge in [0.1, 0.15) is 11.4 Å². The number of aromatic nitrogens is 2. The number of hydrogen-bond donors (Lipinski definition) is 1. The highest BCUT2D eigenvalue weighted by atomic mass is 16.5. The maximum absolute atomic E-state index is 6.02. The van der Waals surface area contributed by atoms with Gasteiger partial charge >= 0.3 is 0 Å². The normalized spacial score (nSPS) is 17.0. The average Bonchev–Trinajstić information content (AvgIpc) is 3.16. The van der Waals surface area contributed by atoms with Gasteiger partial charge in [-0.2, -0.15) is 4.98 Å². The second kappa shape index (κ2) is 5.37. The zero-order chi connectivity index (χ0) is 14.9. The monoisotopic (exact) mass is 289 g/mol. The predicted octanol–water partition coefficient (Wildman–Crippen LogP) is 2.74. The summed E-state index contributed by atoms with van der Waals surface area (Å²) in [5, 5.41) is 4.10. The van der Waals surface area contributed by atoms with E-state index in [4.69, 9.17) is 19.7 Å². The summed E-state index contributed by atoms with van der Waals surface area (Å²) >= 11 is 0. The van der Waals surface area contributed by atoms with Crippen LogP contribution in [-0.4, -0.2) is 24.4 Å². The van der Waals surface area contributed by atoms with Gasteiger partial charge < -0.3 is 19.7 Å². The van der Waals surface area contributed by atoms with Crippen molar-refractivity contribution < 1.29 is 14.0 Å². The fourth-order valence-corrected chi connectivity index (χ4v) is 2.85. The van der Waals surface area contributed by atoms with Crippen LogP contribution in [0.15, 0.2) is 22.7 Å². The Balaban J connectivity index is 1.95. The molecular weight excluding hydrogens is 270 g/mol. The summed E-state index contributed by atoms with van der Waals surface area (Å²) in [5.74, 6) is 1.71. The van der Waals surface area contributed by atoms with Crippen molar-refractivity contribution in [3.8, 4) is 17.2 Å². The molecule has 0 unspecified atom stereocenters. The highest BCUT2D eigenvalue weighted by Crippen LogP contribution is 2.41. The van der Waals surface area contributed by atoms with Crippen molar-refractivity contribution in [2.24, 2.45) is 0 Å². The number of nitrogens with zero attached hydrogens (tertiary/aromatic N) is 2. The molecule has 0 amide bonds. The van der Waals surface area contributed by atoms with E-state index in [-0.39, 0.29) is 0 Å². The molecule has 0 radical (unpaired) electrons. The van der Waals surface area contributed by atoms with Gasteiger partial charge in [0.05, 0.1) is 12.7 Å². The molecule has 1 aromatic heterocycles. The summed E-state index contributed by atoms with van der Waals surface area (Å²) in [7, 11) is 3.30. The third-order valence-corrected chi connectivity index (χ3v) is 4.12. The standard InChI is InChI=1S/C15H19N3O3/c1-19-10-5-6-11(12(16)9-10)13-17-14(18-21-13)15(20-2)7-3-4-8-15/h5-6,9H,3-4,7-8,16H2,1-2H3. The Morgan fingerprint density at radius 1 is 1.24 bits per heavy atom. The number of anilines is 1. The Labute approximate surface area is 123 Å². The highest BCUT2D eigenvalue weighted by Gasteiger charge is 2.40. The molecule has 1 aromatic carbocycles. The molecule has 21 heavy (non-hydrogen) atoms. The first-order valence-electron chi connectivity index (χ1n) is 7.02. The minimum atomic E-state index is -0.414. The van der Waals surface area contributed by atoms with Crippen molar-refractivity contribution in [1.82, 2.24) is 10.1 Å². The lowest BCUT2D eigenvalue weighted by atomic mass is 10.0. The summed E-state index contributed by atoms with van der Waals surface area (Å²) < 4.78 is 16.2. The van der Waals surface area contributed by atoms with E-state index in [1.54, 1.807) is 20.3 Å². The lowest BCUT2D eigenvalue weighted by Gasteiger charge is -2.22. The minimum absolute atomic E-state index is 0.411. The average molecular weight is 289 g/mol. The van der Waals surface area contributed by atoms with E-state index in [2.05, 4.69) is 10.1 Å². The van der Waals surface area contributed by atoms with Crippen LogP contribution in [0, 0.1) is 0 Å². The van der Waals surface area contributed by atoms with E-state index in [0.29, 0.717) is 28.7 Å². The molecule has 112 valence electrons. The molecule has 0 atom stereocenters. The molecular formula is C15H19N3O3. The lowest BCUT2D eigenvalue weighted by Crippen LogP contribution is -2.25. The summed E-state index contributed by atoms with van der Waals surface area (Å²) in [4.78, 5) is 4.50. The fourth-order valence-electron chi connectivity index (χ4n) is 2.85. The van der Waals surface area contributed by atoms with Crippen LogP contribution in [0.5, 0.6) is 5.75 Å². The van der Waals surface area contributed by atoms with Crippen molar-refractivity contribution >= 4 is 5.69 Å². The first-order chi connectivity index (χ1) is 10.2. The highest BCUT2D eigenvalue weighted by molar-refractivity contribution is 5.71. The van der Waals surface area contributed by atoms with E-state index < -0.39 is 5.60 Å². The van der Waals surface area contributed by atoms with Crippen LogP contribution in [0.3, 0.4) is 0 Å². The molecule has 1 saturated carbocycles. The number of methoxy groups -OCH3 is 2. The van der Waals surface area contributed by atoms with Crippen LogP contribution >= 0.6 is 0 Å². The summed E-state index contributed by atoms with van der Waals surface area (Å²) in [5.41, 5.74) is 6.86. The van der Waals surface area contributed by atoms with Crippen molar-refractivity contribution in [2.75, 3.05) is 20.0 Å². The van der Waals surface area contributed by atoms with E-state index in [0.717, 1.165) is 25.7 Å². The molecule has 2 aromatic rings. The second-order valence-electron chi connectivity index (χ2n) is 5.28. The molecule has 1 aliphatic carbocycles. The molecule has 6 heteroatoms. The van der Waals surface area contributed by atoms with Crippen LogP contribution in [-0.2, 0) is 10.3 Å². The van der Waals surface area contributed by atoms with Crippen LogP contribution in [0.2, 0.25) is 0 Å². The van der Waals surface area contributed by atoms with Gasteiger partial charge in [-0.15, -0.1) is 0 Å². The van der Waals surface area contributed by atoms with Crippen molar-refractivity contribution in [2.45, 2.75) is 31.3 Å². The number of hydrogen-bond acceptors (Lipinski definition) is 6. The maximum Gasteiger partial charge on any atom is 0.260 e. The largest absolute Gasteiger partial charge is 0.497 e. The molecule has 0 aliphatic heterocycles. The third kappa shape index (κ3) is 2.35. The van der Waals surface area contributed by atoms with Gasteiger partial charge in [-0.05, 0) is 37.8 Å². The molecule has 1 heterocycles. The molecule has 0 saturated heterocycles.